The van der Waals surface area contributed by atoms with Gasteiger partial charge in [-0.05, 0) is 54.8 Å². The second-order valence-corrected chi connectivity index (χ2v) is 19.5. The summed E-state index contributed by atoms with van der Waals surface area (Å²) in [4.78, 5) is 42.9. The topological polar surface area (TPSA) is 164 Å². The van der Waals surface area contributed by atoms with Crippen molar-refractivity contribution in [3.8, 4) is 16.8 Å². The van der Waals surface area contributed by atoms with Crippen LogP contribution in [0.15, 0.2) is 54.9 Å². The van der Waals surface area contributed by atoms with E-state index < -0.39 is 5.97 Å². The number of pyridine rings is 2. The second kappa shape index (κ2) is 15.4. The number of hydrogen-bond acceptors (Lipinski definition) is 11. The molecule has 1 aromatic carbocycles. The first kappa shape index (κ1) is 39.7. The van der Waals surface area contributed by atoms with E-state index in [4.69, 9.17) is 14.8 Å². The van der Waals surface area contributed by atoms with E-state index in [1.54, 1.807) is 12.4 Å². The van der Waals surface area contributed by atoms with Gasteiger partial charge in [0.05, 0.1) is 6.20 Å². The number of aromatic nitrogens is 5. The Morgan fingerprint density at radius 1 is 1.00 bits per heavy atom. The van der Waals surface area contributed by atoms with Crippen molar-refractivity contribution in [2.75, 3.05) is 36.5 Å². The fraction of sp³-hybridized carbons (Fsp3) is 0.477. The molecule has 1 amide bonds. The van der Waals surface area contributed by atoms with E-state index in [0.29, 0.717) is 54.6 Å². The van der Waals surface area contributed by atoms with Crippen molar-refractivity contribution in [1.29, 1.82) is 0 Å². The van der Waals surface area contributed by atoms with Gasteiger partial charge in [-0.2, -0.15) is 5.10 Å². The molecule has 4 fully saturated rings. The summed E-state index contributed by atoms with van der Waals surface area (Å²) in [5.74, 6) is -0.809. The van der Waals surface area contributed by atoms with Gasteiger partial charge in [-0.1, -0.05) is 23.5 Å². The number of carbonyl (C=O) groups excluding carboxylic acids is 1. The van der Waals surface area contributed by atoms with Crippen LogP contribution in [0.4, 0.5) is 10.9 Å². The number of carboxylic acids is 1. The van der Waals surface area contributed by atoms with Gasteiger partial charge in [0, 0.05) is 41.7 Å². The number of nitrogens with one attached hydrogen (secondary N) is 2. The van der Waals surface area contributed by atoms with Crippen molar-refractivity contribution in [3.05, 3.63) is 82.9 Å². The summed E-state index contributed by atoms with van der Waals surface area (Å²) in [6.07, 6.45) is 11.4. The zero-order valence-corrected chi connectivity index (χ0v) is 35.4. The van der Waals surface area contributed by atoms with Gasteiger partial charge in [-0.15, -0.1) is 0 Å². The molecule has 5 aromatic rings. The van der Waals surface area contributed by atoms with E-state index in [1.165, 1.54) is 17.8 Å². The first-order valence-electron chi connectivity index (χ1n) is 20.4. The number of thiazole rings is 1. The predicted molar refractivity (Wildman–Crippen MR) is 228 cm³/mol. The van der Waals surface area contributed by atoms with E-state index in [2.05, 4.69) is 44.8 Å². The summed E-state index contributed by atoms with van der Waals surface area (Å²) in [6.45, 7) is 10.8. The number of aromatic carboxylic acids is 1. The first-order valence-corrected chi connectivity index (χ1v) is 22.1. The van der Waals surface area contributed by atoms with Gasteiger partial charge >= 0.3 is 146 Å². The van der Waals surface area contributed by atoms with Crippen LogP contribution in [0.5, 0.6) is 0 Å². The Morgan fingerprint density at radius 2 is 1.83 bits per heavy atom. The van der Waals surface area contributed by atoms with Crippen LogP contribution < -0.4 is 15.5 Å². The van der Waals surface area contributed by atoms with Crippen LogP contribution in [0.2, 0.25) is 0 Å². The minimum atomic E-state index is -1.10. The summed E-state index contributed by atoms with van der Waals surface area (Å²) < 4.78 is 19.6. The molecule has 306 valence electrons. The molecule has 4 aliphatic carbocycles. The third-order valence-corrected chi connectivity index (χ3v) is 14.3. The Bertz CT molecular complexity index is 2540. The second-order valence-electron chi connectivity index (χ2n) is 18.1. The molecule has 3 N–H and O–H groups in total. The summed E-state index contributed by atoms with van der Waals surface area (Å²) >= 11 is 1.33. The van der Waals surface area contributed by atoms with Crippen LogP contribution in [0, 0.1) is 28.8 Å². The van der Waals surface area contributed by atoms with Crippen molar-refractivity contribution in [2.24, 2.45) is 16.2 Å². The molecule has 0 spiro atoms. The van der Waals surface area contributed by atoms with Crippen molar-refractivity contribution < 1.29 is 24.0 Å². The van der Waals surface area contributed by atoms with Crippen LogP contribution in [-0.2, 0) is 28.8 Å². The maximum absolute atomic E-state index is 13.6. The molecule has 5 aliphatic rings. The summed E-state index contributed by atoms with van der Waals surface area (Å²) in [7, 11) is -0.0504. The van der Waals surface area contributed by atoms with Gasteiger partial charge in [0.2, 0.25) is 0 Å². The number of ether oxygens (including phenoxy) is 1. The van der Waals surface area contributed by atoms with Gasteiger partial charge < -0.3 is 10.0 Å². The number of anilines is 2. The number of nitrogens with zero attached hydrogens (tertiary/aromatic N) is 6. The van der Waals surface area contributed by atoms with Crippen LogP contribution in [0.25, 0.3) is 21.5 Å². The standard InChI is InChI=1S/C44H49N8O5PS/c1-28-32(19-47-52(28)27-43-22-41(2)21-42(3,23-43)25-44(24-41,26-43)57-17-15-45-13-6-18-58-56)30-10-11-35(49-36(30)39(54)55)51-16-12-29-7-4-8-31(33(29)20-51)37(53)50-40-48-34-9-5-14-46-38(34)59-40/h4-5,7-11,14,19,45H,6,12-13,15-17,20-27H2,1-3H3,(H,54,55)(H,48,50,53). The molecular weight excluding hydrogens is 784 g/mol. The Labute approximate surface area is 348 Å². The third kappa shape index (κ3) is 7.77. The zero-order valence-electron chi connectivity index (χ0n) is 33.7. The number of benzene rings is 1. The van der Waals surface area contributed by atoms with Crippen molar-refractivity contribution >= 4 is 52.4 Å². The molecule has 2 unspecified atom stereocenters. The van der Waals surface area contributed by atoms with E-state index >= 15 is 0 Å². The van der Waals surface area contributed by atoms with Gasteiger partial charge in [0.25, 0.3) is 5.91 Å². The number of fused-ring (bicyclic) bond motifs is 2. The molecule has 4 bridgehead atoms. The monoisotopic (exact) mass is 832 g/mol. The van der Waals surface area contributed by atoms with Crippen LogP contribution in [0.1, 0.15) is 96.5 Å². The molecule has 4 saturated carbocycles. The number of carbonyl (C=O) groups is 2. The molecule has 15 heteroatoms. The fourth-order valence-corrected chi connectivity index (χ4v) is 13.0. The molecule has 1 aliphatic heterocycles. The first-order chi connectivity index (χ1) is 28.4. The molecule has 4 aromatic heterocycles. The molecule has 0 saturated heterocycles. The van der Waals surface area contributed by atoms with Crippen molar-refractivity contribution in [3.63, 3.8) is 0 Å². The van der Waals surface area contributed by atoms with E-state index in [0.717, 1.165) is 84.5 Å². The number of rotatable bonds is 13. The van der Waals surface area contributed by atoms with E-state index in [-0.39, 0.29) is 41.4 Å². The fourth-order valence-electron chi connectivity index (χ4n) is 12.0. The predicted octanol–water partition coefficient (Wildman–Crippen LogP) is 8.14. The Balaban J connectivity index is 0.931. The van der Waals surface area contributed by atoms with Gasteiger partial charge in [0.1, 0.15) is 16.2 Å². The third-order valence-electron chi connectivity index (χ3n) is 13.0. The Kier molecular flexibility index (Phi) is 10.4. The normalized spacial score (nSPS) is 25.5. The van der Waals surface area contributed by atoms with Crippen LogP contribution in [-0.4, -0.2) is 73.6 Å². The Hall–Kier alpha value is -4.71. The van der Waals surface area contributed by atoms with Crippen molar-refractivity contribution in [1.82, 2.24) is 30.0 Å². The number of amides is 1. The average molecular weight is 833 g/mol. The molecule has 13 nitrogen and oxygen atoms in total. The minimum absolute atomic E-state index is 0.0144. The number of hydrogen-bond donors (Lipinski definition) is 3. The quantitative estimate of drug-likeness (QED) is 0.0775. The van der Waals surface area contributed by atoms with E-state index in [9.17, 15) is 19.3 Å². The molecular formula is C44H49N8O5PS. The van der Waals surface area contributed by atoms with Gasteiger partial charge in [0.15, 0.2) is 10.8 Å². The Morgan fingerprint density at radius 3 is 2.61 bits per heavy atom. The maximum atomic E-state index is 13.6. The molecule has 0 radical (unpaired) electrons. The molecule has 10 rings (SSSR count). The SMILES string of the molecule is Cc1c(-c2ccc(N3CCc4cccc(C(=O)Nc5nc6cccnc6s5)c4C3)nc2C(=O)O)cnn1CC12CC3(C)CC(C)(C1)CC(OCCNCCC#P=O)(C3)C2. The average Bonchev–Trinajstić information content (AvgIpc) is 3.76. The van der Waals surface area contributed by atoms with Crippen LogP contribution in [0.3, 0.4) is 0 Å². The van der Waals surface area contributed by atoms with Crippen molar-refractivity contribution in [2.45, 2.75) is 90.8 Å². The van der Waals surface area contributed by atoms with Gasteiger partial charge in [-0.3, -0.25) is 10.1 Å². The zero-order chi connectivity index (χ0) is 41.0. The van der Waals surface area contributed by atoms with Gasteiger partial charge in [-0.25, -0.2) is 19.7 Å². The molecule has 59 heavy (non-hydrogen) atoms. The summed E-state index contributed by atoms with van der Waals surface area (Å²) in [5.41, 5.74) is 8.43. The summed E-state index contributed by atoms with van der Waals surface area (Å²) in [5, 5.41) is 22.3. The van der Waals surface area contributed by atoms with Crippen LogP contribution >= 0.6 is 19.3 Å². The summed E-state index contributed by atoms with van der Waals surface area (Å²) in [6, 6.07) is 13.2. The molecule has 5 heterocycles. The molecule has 2 atom stereocenters. The van der Waals surface area contributed by atoms with E-state index in [1.807, 2.05) is 54.3 Å². The number of carboxylic acid groups (broad SMARTS) is 1.